The zero-order chi connectivity index (χ0) is 16.0. The lowest BCUT2D eigenvalue weighted by Gasteiger charge is -2.26. The first-order chi connectivity index (χ1) is 10.7. The fourth-order valence-electron chi connectivity index (χ4n) is 2.53. The summed E-state index contributed by atoms with van der Waals surface area (Å²) in [5, 5.41) is 6.74. The minimum atomic E-state index is 0. The molecule has 0 atom stereocenters. The monoisotopic (exact) mass is 440 g/mol. The quantitative estimate of drug-likeness (QED) is 0.237. The van der Waals surface area contributed by atoms with E-state index in [-0.39, 0.29) is 24.0 Å². The standard InChI is InChI=1S/C17H36N4O.HI/c1-4-18-17(19-9-8-14-22-15-16(2)3)20-10-13-21-11-6-5-7-12-21;/h16H,4-15H2,1-3H3,(H2,18,19,20);1H. The average molecular weight is 440 g/mol. The highest BCUT2D eigenvalue weighted by Gasteiger charge is 2.09. The summed E-state index contributed by atoms with van der Waals surface area (Å²) in [6.07, 6.45) is 5.08. The summed E-state index contributed by atoms with van der Waals surface area (Å²) in [6.45, 7) is 14.4. The van der Waals surface area contributed by atoms with Crippen molar-refractivity contribution in [3.05, 3.63) is 0 Å². The number of piperidine rings is 1. The van der Waals surface area contributed by atoms with Crippen LogP contribution in [0.15, 0.2) is 4.99 Å². The van der Waals surface area contributed by atoms with E-state index in [0.717, 1.165) is 51.8 Å². The number of aliphatic imine (C=N–C) groups is 1. The summed E-state index contributed by atoms with van der Waals surface area (Å²) in [4.78, 5) is 7.15. The van der Waals surface area contributed by atoms with Crippen LogP contribution in [0.4, 0.5) is 0 Å². The third kappa shape index (κ3) is 12.9. The normalized spacial score (nSPS) is 16.3. The van der Waals surface area contributed by atoms with Crippen molar-refractivity contribution >= 4 is 29.9 Å². The number of halogens is 1. The Bertz CT molecular complexity index is 294. The first-order valence-electron chi connectivity index (χ1n) is 9.04. The Kier molecular flexibility index (Phi) is 15.4. The molecule has 0 bridgehead atoms. The van der Waals surface area contributed by atoms with E-state index in [2.05, 4.69) is 41.3 Å². The maximum Gasteiger partial charge on any atom is 0.191 e. The molecular formula is C17H37IN4O. The minimum Gasteiger partial charge on any atom is -0.381 e. The number of hydrogen-bond donors (Lipinski definition) is 2. The minimum absolute atomic E-state index is 0. The first-order valence-corrected chi connectivity index (χ1v) is 9.04. The Morgan fingerprint density at radius 1 is 1.17 bits per heavy atom. The van der Waals surface area contributed by atoms with Crippen molar-refractivity contribution in [3.63, 3.8) is 0 Å². The predicted octanol–water partition coefficient (Wildman–Crippen LogP) is 2.71. The van der Waals surface area contributed by atoms with Crippen LogP contribution < -0.4 is 10.6 Å². The second-order valence-corrected chi connectivity index (χ2v) is 6.41. The highest BCUT2D eigenvalue weighted by molar-refractivity contribution is 14.0. The maximum absolute atomic E-state index is 5.58. The van der Waals surface area contributed by atoms with E-state index in [0.29, 0.717) is 5.92 Å². The molecule has 1 aliphatic rings. The van der Waals surface area contributed by atoms with Crippen molar-refractivity contribution in [2.24, 2.45) is 10.9 Å². The van der Waals surface area contributed by atoms with Crippen molar-refractivity contribution in [2.45, 2.75) is 46.5 Å². The van der Waals surface area contributed by atoms with E-state index in [9.17, 15) is 0 Å². The Labute approximate surface area is 160 Å². The van der Waals surface area contributed by atoms with Crippen LogP contribution in [0.3, 0.4) is 0 Å². The Balaban J connectivity index is 0.00000484. The molecule has 1 saturated heterocycles. The third-order valence-corrected chi connectivity index (χ3v) is 3.68. The SMILES string of the molecule is CCNC(=NCCCOCC(C)C)NCCN1CCCCC1.I. The molecule has 0 unspecified atom stereocenters. The number of ether oxygens (including phenoxy) is 1. The van der Waals surface area contributed by atoms with Gasteiger partial charge in [0.2, 0.25) is 0 Å². The average Bonchev–Trinajstić information content (AvgIpc) is 2.51. The van der Waals surface area contributed by atoms with Crippen LogP contribution in [-0.4, -0.2) is 63.3 Å². The molecule has 2 N–H and O–H groups in total. The molecule has 5 nitrogen and oxygen atoms in total. The van der Waals surface area contributed by atoms with Gasteiger partial charge in [-0.05, 0) is 45.2 Å². The van der Waals surface area contributed by atoms with Gasteiger partial charge in [-0.1, -0.05) is 20.3 Å². The number of rotatable bonds is 10. The van der Waals surface area contributed by atoms with Crippen molar-refractivity contribution in [3.8, 4) is 0 Å². The predicted molar refractivity (Wildman–Crippen MR) is 110 cm³/mol. The number of nitrogens with zero attached hydrogens (tertiary/aromatic N) is 2. The van der Waals surface area contributed by atoms with Gasteiger partial charge in [-0.3, -0.25) is 4.99 Å². The fraction of sp³-hybridized carbons (Fsp3) is 0.941. The van der Waals surface area contributed by atoms with Crippen LogP contribution >= 0.6 is 24.0 Å². The van der Waals surface area contributed by atoms with Gasteiger partial charge < -0.3 is 20.3 Å². The second-order valence-electron chi connectivity index (χ2n) is 6.41. The fourth-order valence-corrected chi connectivity index (χ4v) is 2.53. The summed E-state index contributed by atoms with van der Waals surface area (Å²) in [7, 11) is 0. The van der Waals surface area contributed by atoms with E-state index in [1.807, 2.05) is 0 Å². The van der Waals surface area contributed by atoms with Gasteiger partial charge in [0.15, 0.2) is 5.96 Å². The van der Waals surface area contributed by atoms with E-state index in [1.54, 1.807) is 0 Å². The molecule has 1 rings (SSSR count). The Hall–Kier alpha value is -0.0800. The van der Waals surface area contributed by atoms with E-state index in [1.165, 1.54) is 32.4 Å². The van der Waals surface area contributed by atoms with Crippen LogP contribution in [0, 0.1) is 5.92 Å². The van der Waals surface area contributed by atoms with Gasteiger partial charge in [0, 0.05) is 39.4 Å². The summed E-state index contributed by atoms with van der Waals surface area (Å²) in [5.74, 6) is 1.54. The molecule has 138 valence electrons. The van der Waals surface area contributed by atoms with Crippen LogP contribution in [0.25, 0.3) is 0 Å². The van der Waals surface area contributed by atoms with Crippen molar-refractivity contribution in [1.82, 2.24) is 15.5 Å². The van der Waals surface area contributed by atoms with Gasteiger partial charge in [0.25, 0.3) is 0 Å². The summed E-state index contributed by atoms with van der Waals surface area (Å²) in [5.41, 5.74) is 0. The molecule has 1 aliphatic heterocycles. The molecule has 1 heterocycles. The van der Waals surface area contributed by atoms with E-state index >= 15 is 0 Å². The van der Waals surface area contributed by atoms with Gasteiger partial charge in [-0.25, -0.2) is 0 Å². The zero-order valence-electron chi connectivity index (χ0n) is 15.3. The lowest BCUT2D eigenvalue weighted by Crippen LogP contribution is -2.42. The van der Waals surface area contributed by atoms with Gasteiger partial charge in [-0.15, -0.1) is 24.0 Å². The van der Waals surface area contributed by atoms with Crippen molar-refractivity contribution in [2.75, 3.05) is 52.5 Å². The molecule has 0 aromatic rings. The molecule has 6 heteroatoms. The molecule has 0 aromatic carbocycles. The van der Waals surface area contributed by atoms with Gasteiger partial charge >= 0.3 is 0 Å². The number of hydrogen-bond acceptors (Lipinski definition) is 3. The smallest absolute Gasteiger partial charge is 0.191 e. The van der Waals surface area contributed by atoms with Crippen molar-refractivity contribution < 1.29 is 4.74 Å². The highest BCUT2D eigenvalue weighted by Crippen LogP contribution is 2.07. The summed E-state index contributed by atoms with van der Waals surface area (Å²) >= 11 is 0. The maximum atomic E-state index is 5.58. The van der Waals surface area contributed by atoms with Crippen molar-refractivity contribution in [1.29, 1.82) is 0 Å². The molecule has 0 radical (unpaired) electrons. The van der Waals surface area contributed by atoms with Gasteiger partial charge in [-0.2, -0.15) is 0 Å². The second kappa shape index (κ2) is 15.4. The van der Waals surface area contributed by atoms with Gasteiger partial charge in [0.1, 0.15) is 0 Å². The highest BCUT2D eigenvalue weighted by atomic mass is 127. The van der Waals surface area contributed by atoms with Crippen LogP contribution in [0.1, 0.15) is 46.5 Å². The third-order valence-electron chi connectivity index (χ3n) is 3.68. The topological polar surface area (TPSA) is 48.9 Å². The van der Waals surface area contributed by atoms with Crippen LogP contribution in [0.5, 0.6) is 0 Å². The van der Waals surface area contributed by atoms with E-state index in [4.69, 9.17) is 4.74 Å². The molecule has 0 amide bonds. The largest absolute Gasteiger partial charge is 0.381 e. The number of likely N-dealkylation sites (tertiary alicyclic amines) is 1. The molecule has 0 aliphatic carbocycles. The van der Waals surface area contributed by atoms with Crippen LogP contribution in [0.2, 0.25) is 0 Å². The van der Waals surface area contributed by atoms with Crippen LogP contribution in [-0.2, 0) is 4.74 Å². The lowest BCUT2D eigenvalue weighted by atomic mass is 10.1. The Morgan fingerprint density at radius 2 is 1.91 bits per heavy atom. The first kappa shape index (κ1) is 22.9. The molecule has 1 fully saturated rings. The molecule has 0 saturated carbocycles. The van der Waals surface area contributed by atoms with E-state index < -0.39 is 0 Å². The molecule has 0 spiro atoms. The van der Waals surface area contributed by atoms with Gasteiger partial charge in [0.05, 0.1) is 0 Å². The summed E-state index contributed by atoms with van der Waals surface area (Å²) in [6, 6.07) is 0. The number of nitrogens with one attached hydrogen (secondary N) is 2. The zero-order valence-corrected chi connectivity index (χ0v) is 17.6. The lowest BCUT2D eigenvalue weighted by molar-refractivity contribution is 0.109. The molecular weight excluding hydrogens is 403 g/mol. The summed E-state index contributed by atoms with van der Waals surface area (Å²) < 4.78 is 5.58. The molecule has 0 aromatic heterocycles. The molecule has 23 heavy (non-hydrogen) atoms. The number of guanidine groups is 1. The Morgan fingerprint density at radius 3 is 2.57 bits per heavy atom.